The van der Waals surface area contributed by atoms with E-state index in [4.69, 9.17) is 5.73 Å². The third-order valence-electron chi connectivity index (χ3n) is 2.42. The first-order valence-electron chi connectivity index (χ1n) is 5.19. The molecule has 0 saturated carbocycles. The normalized spacial score (nSPS) is 10.3. The highest BCUT2D eigenvalue weighted by atomic mass is 19.1. The number of aryl methyl sites for hydroxylation is 1. The summed E-state index contributed by atoms with van der Waals surface area (Å²) in [5.74, 6) is -0.915. The van der Waals surface area contributed by atoms with E-state index in [1.807, 2.05) is 0 Å². The van der Waals surface area contributed by atoms with Gasteiger partial charge in [0.25, 0.3) is 5.91 Å². The molecule has 1 amide bonds. The van der Waals surface area contributed by atoms with Crippen LogP contribution >= 0.6 is 0 Å². The van der Waals surface area contributed by atoms with Crippen molar-refractivity contribution in [2.45, 2.75) is 13.5 Å². The summed E-state index contributed by atoms with van der Waals surface area (Å²) in [7, 11) is 0. The Labute approximate surface area is 102 Å². The first-order chi connectivity index (χ1) is 8.58. The standard InChI is InChI=1S/C11H11FN4O2/c1-6-2-3-7(4-8(6)12)5-14-11(17)9-10(13)16-18-15-9/h2-4H,5H2,1H3,(H2,13,16)(H,14,17). The number of carbonyl (C=O) groups excluding carboxylic acids is 1. The Morgan fingerprint density at radius 2 is 2.28 bits per heavy atom. The van der Waals surface area contributed by atoms with Crippen molar-refractivity contribution < 1.29 is 13.8 Å². The molecule has 0 aliphatic heterocycles. The molecule has 0 spiro atoms. The van der Waals surface area contributed by atoms with Crippen LogP contribution in [0.5, 0.6) is 0 Å². The summed E-state index contributed by atoms with van der Waals surface area (Å²) < 4.78 is 17.6. The van der Waals surface area contributed by atoms with E-state index in [-0.39, 0.29) is 23.9 Å². The number of nitrogen functional groups attached to an aromatic ring is 1. The molecule has 94 valence electrons. The Hall–Kier alpha value is -2.44. The Kier molecular flexibility index (Phi) is 3.22. The van der Waals surface area contributed by atoms with Gasteiger partial charge in [0, 0.05) is 6.54 Å². The van der Waals surface area contributed by atoms with E-state index in [1.165, 1.54) is 6.07 Å². The molecule has 18 heavy (non-hydrogen) atoms. The van der Waals surface area contributed by atoms with Crippen LogP contribution in [0.15, 0.2) is 22.8 Å². The van der Waals surface area contributed by atoms with Gasteiger partial charge in [-0.2, -0.15) is 0 Å². The van der Waals surface area contributed by atoms with Gasteiger partial charge in [0.15, 0.2) is 0 Å². The minimum Gasteiger partial charge on any atom is -0.379 e. The van der Waals surface area contributed by atoms with Crippen molar-refractivity contribution >= 4 is 11.7 Å². The molecule has 6 nitrogen and oxygen atoms in total. The fourth-order valence-electron chi connectivity index (χ4n) is 1.37. The van der Waals surface area contributed by atoms with Gasteiger partial charge in [0.1, 0.15) is 5.82 Å². The maximum absolute atomic E-state index is 13.3. The fraction of sp³-hybridized carbons (Fsp3) is 0.182. The summed E-state index contributed by atoms with van der Waals surface area (Å²) in [6, 6.07) is 4.73. The van der Waals surface area contributed by atoms with Crippen LogP contribution in [-0.2, 0) is 6.54 Å². The van der Waals surface area contributed by atoms with Crippen LogP contribution in [0.4, 0.5) is 10.2 Å². The largest absolute Gasteiger partial charge is 0.379 e. The number of carbonyl (C=O) groups is 1. The van der Waals surface area contributed by atoms with Crippen LogP contribution in [0, 0.1) is 12.7 Å². The van der Waals surface area contributed by atoms with Crippen molar-refractivity contribution in [1.29, 1.82) is 0 Å². The number of hydrogen-bond acceptors (Lipinski definition) is 5. The Bertz CT molecular complexity index is 582. The Morgan fingerprint density at radius 3 is 2.89 bits per heavy atom. The van der Waals surface area contributed by atoms with E-state index >= 15 is 0 Å². The predicted molar refractivity (Wildman–Crippen MR) is 61.0 cm³/mol. The summed E-state index contributed by atoms with van der Waals surface area (Å²) in [5, 5.41) is 9.19. The number of aromatic nitrogens is 2. The molecular weight excluding hydrogens is 239 g/mol. The highest BCUT2D eigenvalue weighted by Crippen LogP contribution is 2.09. The van der Waals surface area contributed by atoms with Crippen LogP contribution in [0.25, 0.3) is 0 Å². The van der Waals surface area contributed by atoms with E-state index in [0.717, 1.165) is 0 Å². The van der Waals surface area contributed by atoms with Crippen molar-refractivity contribution in [2.75, 3.05) is 5.73 Å². The minimum atomic E-state index is -0.519. The van der Waals surface area contributed by atoms with Gasteiger partial charge >= 0.3 is 0 Å². The van der Waals surface area contributed by atoms with Gasteiger partial charge in [0.05, 0.1) is 0 Å². The molecule has 0 fully saturated rings. The molecule has 2 rings (SSSR count). The molecule has 0 radical (unpaired) electrons. The third kappa shape index (κ3) is 2.45. The minimum absolute atomic E-state index is 0.0809. The van der Waals surface area contributed by atoms with Crippen LogP contribution < -0.4 is 11.1 Å². The van der Waals surface area contributed by atoms with Gasteiger partial charge in [-0.25, -0.2) is 9.02 Å². The molecule has 1 aromatic heterocycles. The van der Waals surface area contributed by atoms with Gasteiger partial charge in [-0.05, 0) is 34.4 Å². The van der Waals surface area contributed by atoms with Crippen molar-refractivity contribution in [2.24, 2.45) is 0 Å². The first kappa shape index (κ1) is 12.0. The number of halogens is 1. The van der Waals surface area contributed by atoms with E-state index in [0.29, 0.717) is 11.1 Å². The average molecular weight is 250 g/mol. The molecule has 0 bridgehead atoms. The predicted octanol–water partition coefficient (Wildman–Crippen LogP) is 1.03. The van der Waals surface area contributed by atoms with Crippen LogP contribution in [0.2, 0.25) is 0 Å². The monoisotopic (exact) mass is 250 g/mol. The lowest BCUT2D eigenvalue weighted by Gasteiger charge is -2.04. The SMILES string of the molecule is Cc1ccc(CNC(=O)c2nonc2N)cc1F. The molecule has 0 unspecified atom stereocenters. The highest BCUT2D eigenvalue weighted by Gasteiger charge is 2.15. The molecule has 1 heterocycles. The Morgan fingerprint density at radius 1 is 1.50 bits per heavy atom. The maximum atomic E-state index is 13.3. The second-order valence-electron chi connectivity index (χ2n) is 3.76. The van der Waals surface area contributed by atoms with Gasteiger partial charge in [-0.1, -0.05) is 12.1 Å². The number of nitrogens with one attached hydrogen (secondary N) is 1. The average Bonchev–Trinajstić information content (AvgIpc) is 2.77. The molecule has 1 aromatic carbocycles. The zero-order chi connectivity index (χ0) is 13.1. The van der Waals surface area contributed by atoms with E-state index in [2.05, 4.69) is 20.3 Å². The van der Waals surface area contributed by atoms with Gasteiger partial charge in [-0.15, -0.1) is 0 Å². The van der Waals surface area contributed by atoms with Crippen LogP contribution in [0.3, 0.4) is 0 Å². The van der Waals surface area contributed by atoms with Gasteiger partial charge in [0.2, 0.25) is 11.5 Å². The number of nitrogens with two attached hydrogens (primary N) is 1. The summed E-state index contributed by atoms with van der Waals surface area (Å²) in [6.07, 6.45) is 0. The molecule has 0 saturated heterocycles. The third-order valence-corrected chi connectivity index (χ3v) is 2.42. The van der Waals surface area contributed by atoms with E-state index in [9.17, 15) is 9.18 Å². The highest BCUT2D eigenvalue weighted by molar-refractivity contribution is 5.95. The molecule has 7 heteroatoms. The number of benzene rings is 1. The number of hydrogen-bond donors (Lipinski definition) is 2. The van der Waals surface area contributed by atoms with Crippen molar-refractivity contribution in [3.05, 3.63) is 40.8 Å². The second kappa shape index (κ2) is 4.82. The summed E-state index contributed by atoms with van der Waals surface area (Å²) >= 11 is 0. The molecular formula is C11H11FN4O2. The molecule has 0 aliphatic carbocycles. The lowest BCUT2D eigenvalue weighted by atomic mass is 10.1. The van der Waals surface area contributed by atoms with Crippen LogP contribution in [0.1, 0.15) is 21.6 Å². The number of nitrogens with zero attached hydrogens (tertiary/aromatic N) is 2. The summed E-state index contributed by atoms with van der Waals surface area (Å²) in [5.41, 5.74) is 6.48. The van der Waals surface area contributed by atoms with Gasteiger partial charge < -0.3 is 11.1 Å². The number of amides is 1. The zero-order valence-electron chi connectivity index (χ0n) is 9.61. The Balaban J connectivity index is 2.02. The first-order valence-corrected chi connectivity index (χ1v) is 5.19. The molecule has 0 aliphatic rings. The zero-order valence-corrected chi connectivity index (χ0v) is 9.61. The van der Waals surface area contributed by atoms with E-state index < -0.39 is 5.91 Å². The fourth-order valence-corrected chi connectivity index (χ4v) is 1.37. The smallest absolute Gasteiger partial charge is 0.277 e. The summed E-state index contributed by atoms with van der Waals surface area (Å²) in [6.45, 7) is 1.84. The van der Waals surface area contributed by atoms with Gasteiger partial charge in [-0.3, -0.25) is 4.79 Å². The molecule has 3 N–H and O–H groups in total. The van der Waals surface area contributed by atoms with Crippen molar-refractivity contribution in [1.82, 2.24) is 15.6 Å². The lowest BCUT2D eigenvalue weighted by Crippen LogP contribution is -2.24. The lowest BCUT2D eigenvalue weighted by molar-refractivity contribution is 0.0941. The van der Waals surface area contributed by atoms with Crippen LogP contribution in [-0.4, -0.2) is 16.2 Å². The van der Waals surface area contributed by atoms with Crippen molar-refractivity contribution in [3.63, 3.8) is 0 Å². The number of anilines is 1. The van der Waals surface area contributed by atoms with E-state index in [1.54, 1.807) is 19.1 Å². The quantitative estimate of drug-likeness (QED) is 0.848. The number of rotatable bonds is 3. The topological polar surface area (TPSA) is 94.0 Å². The maximum Gasteiger partial charge on any atom is 0.277 e. The second-order valence-corrected chi connectivity index (χ2v) is 3.76. The van der Waals surface area contributed by atoms with Crippen molar-refractivity contribution in [3.8, 4) is 0 Å². The molecule has 0 atom stereocenters. The summed E-state index contributed by atoms with van der Waals surface area (Å²) in [4.78, 5) is 11.6. The molecule has 2 aromatic rings.